The largest absolute Gasteiger partial charge is 0.508 e. The fourth-order valence-corrected chi connectivity index (χ4v) is 0.536. The molecule has 2 heteroatoms. The van der Waals surface area contributed by atoms with Crippen molar-refractivity contribution in [1.29, 1.82) is 5.26 Å². The predicted molar refractivity (Wildman–Crippen MR) is 55.5 cm³/mol. The number of phenolic OH excluding ortho intramolecular Hbond substituents is 1. The lowest BCUT2D eigenvalue weighted by atomic mass is 10.2. The molecule has 1 rings (SSSR count). The SMILES string of the molecule is CC.CC.N#Cc1ccc(O)cc1. The first-order valence-electron chi connectivity index (χ1n) is 4.52. The molecule has 0 radical (unpaired) electrons. The molecule has 1 N–H and O–H groups in total. The zero-order valence-corrected chi connectivity index (χ0v) is 8.70. The normalized spacial score (nSPS) is 6.69. The van der Waals surface area contributed by atoms with Gasteiger partial charge in [-0.25, -0.2) is 0 Å². The Hall–Kier alpha value is -1.49. The van der Waals surface area contributed by atoms with Crippen molar-refractivity contribution in [3.63, 3.8) is 0 Å². The molecule has 2 nitrogen and oxygen atoms in total. The first kappa shape index (κ1) is 14.1. The Kier molecular flexibility index (Phi) is 11.4. The van der Waals surface area contributed by atoms with Crippen LogP contribution in [0.3, 0.4) is 0 Å². The standard InChI is InChI=1S/C7H5NO.2C2H6/c8-5-6-1-3-7(9)4-2-6;2*1-2/h1-4,9H;2*1-2H3. The topological polar surface area (TPSA) is 44.0 Å². The van der Waals surface area contributed by atoms with Crippen LogP contribution in [0.15, 0.2) is 24.3 Å². The molecule has 72 valence electrons. The van der Waals surface area contributed by atoms with Gasteiger partial charge in [0.15, 0.2) is 0 Å². The first-order chi connectivity index (χ1) is 6.33. The summed E-state index contributed by atoms with van der Waals surface area (Å²) in [7, 11) is 0. The Morgan fingerprint density at radius 3 is 1.69 bits per heavy atom. The highest BCUT2D eigenvalue weighted by Gasteiger charge is 1.86. The smallest absolute Gasteiger partial charge is 0.115 e. The highest BCUT2D eigenvalue weighted by molar-refractivity contribution is 5.33. The third-order valence-corrected chi connectivity index (χ3v) is 0.996. The summed E-state index contributed by atoms with van der Waals surface area (Å²) in [6.45, 7) is 8.00. The van der Waals surface area contributed by atoms with E-state index in [9.17, 15) is 0 Å². The lowest BCUT2D eigenvalue weighted by molar-refractivity contribution is 0.475. The van der Waals surface area contributed by atoms with Crippen LogP contribution >= 0.6 is 0 Å². The van der Waals surface area contributed by atoms with Crippen molar-refractivity contribution in [2.24, 2.45) is 0 Å². The maximum Gasteiger partial charge on any atom is 0.115 e. The third-order valence-electron chi connectivity index (χ3n) is 0.996. The highest BCUT2D eigenvalue weighted by atomic mass is 16.3. The van der Waals surface area contributed by atoms with E-state index in [-0.39, 0.29) is 5.75 Å². The molecular weight excluding hydrogens is 162 g/mol. The second kappa shape index (κ2) is 10.5. The minimum absolute atomic E-state index is 0.189. The Balaban J connectivity index is 0. The number of aromatic hydroxyl groups is 1. The van der Waals surface area contributed by atoms with Crippen LogP contribution in [0, 0.1) is 11.3 Å². The Morgan fingerprint density at radius 2 is 1.38 bits per heavy atom. The van der Waals surface area contributed by atoms with Gasteiger partial charge in [-0.15, -0.1) is 0 Å². The summed E-state index contributed by atoms with van der Waals surface area (Å²) in [5, 5.41) is 17.0. The van der Waals surface area contributed by atoms with Crippen LogP contribution in [0.2, 0.25) is 0 Å². The monoisotopic (exact) mass is 179 g/mol. The lowest BCUT2D eigenvalue weighted by Gasteiger charge is -1.87. The van der Waals surface area contributed by atoms with E-state index in [1.165, 1.54) is 12.1 Å². The number of hydrogen-bond acceptors (Lipinski definition) is 2. The van der Waals surface area contributed by atoms with Crippen LogP contribution in [0.25, 0.3) is 0 Å². The molecule has 1 aromatic carbocycles. The van der Waals surface area contributed by atoms with Crippen molar-refractivity contribution < 1.29 is 5.11 Å². The van der Waals surface area contributed by atoms with Gasteiger partial charge in [-0.05, 0) is 24.3 Å². The quantitative estimate of drug-likeness (QED) is 0.664. The van der Waals surface area contributed by atoms with Gasteiger partial charge in [-0.1, -0.05) is 27.7 Å². The minimum atomic E-state index is 0.189. The van der Waals surface area contributed by atoms with Crippen molar-refractivity contribution in [3.05, 3.63) is 29.8 Å². The summed E-state index contributed by atoms with van der Waals surface area (Å²) in [6.07, 6.45) is 0. The van der Waals surface area contributed by atoms with Gasteiger partial charge in [0.1, 0.15) is 5.75 Å². The summed E-state index contributed by atoms with van der Waals surface area (Å²) in [5.74, 6) is 0.189. The van der Waals surface area contributed by atoms with Crippen molar-refractivity contribution in [2.45, 2.75) is 27.7 Å². The van der Waals surface area contributed by atoms with Crippen molar-refractivity contribution in [2.75, 3.05) is 0 Å². The van der Waals surface area contributed by atoms with Gasteiger partial charge in [-0.3, -0.25) is 0 Å². The average molecular weight is 179 g/mol. The van der Waals surface area contributed by atoms with E-state index in [1.54, 1.807) is 12.1 Å². The zero-order valence-electron chi connectivity index (χ0n) is 8.70. The molecule has 1 aromatic rings. The van der Waals surface area contributed by atoms with Gasteiger partial charge in [-0.2, -0.15) is 5.26 Å². The highest BCUT2D eigenvalue weighted by Crippen LogP contribution is 2.07. The molecule has 0 aliphatic heterocycles. The summed E-state index contributed by atoms with van der Waals surface area (Å²) >= 11 is 0. The van der Waals surface area contributed by atoms with Crippen LogP contribution in [-0.4, -0.2) is 5.11 Å². The number of benzene rings is 1. The van der Waals surface area contributed by atoms with Crippen LogP contribution in [0.4, 0.5) is 0 Å². The van der Waals surface area contributed by atoms with E-state index in [1.807, 2.05) is 33.8 Å². The molecule has 0 aromatic heterocycles. The molecule has 0 spiro atoms. The third kappa shape index (κ3) is 6.89. The maximum atomic E-state index is 8.74. The fourth-order valence-electron chi connectivity index (χ4n) is 0.536. The second-order valence-electron chi connectivity index (χ2n) is 1.66. The molecule has 0 fully saturated rings. The zero-order chi connectivity index (χ0) is 10.7. The predicted octanol–water partition coefficient (Wildman–Crippen LogP) is 3.32. The molecule has 0 saturated heterocycles. The molecule has 0 heterocycles. The summed E-state index contributed by atoms with van der Waals surface area (Å²) in [5.41, 5.74) is 0.563. The van der Waals surface area contributed by atoms with E-state index < -0.39 is 0 Å². The Morgan fingerprint density at radius 1 is 1.00 bits per heavy atom. The van der Waals surface area contributed by atoms with Gasteiger partial charge in [0.25, 0.3) is 0 Å². The van der Waals surface area contributed by atoms with Crippen molar-refractivity contribution in [1.82, 2.24) is 0 Å². The second-order valence-corrected chi connectivity index (χ2v) is 1.66. The van der Waals surface area contributed by atoms with Crippen LogP contribution in [0.5, 0.6) is 5.75 Å². The van der Waals surface area contributed by atoms with Crippen LogP contribution in [-0.2, 0) is 0 Å². The molecule has 0 atom stereocenters. The van der Waals surface area contributed by atoms with Gasteiger partial charge < -0.3 is 5.11 Å². The Labute approximate surface area is 80.5 Å². The van der Waals surface area contributed by atoms with E-state index in [0.29, 0.717) is 5.56 Å². The van der Waals surface area contributed by atoms with Crippen molar-refractivity contribution >= 4 is 0 Å². The number of rotatable bonds is 0. The summed E-state index contributed by atoms with van der Waals surface area (Å²) in [4.78, 5) is 0. The van der Waals surface area contributed by atoms with Gasteiger partial charge in [0.05, 0.1) is 11.6 Å². The van der Waals surface area contributed by atoms with Crippen molar-refractivity contribution in [3.8, 4) is 11.8 Å². The number of nitrogens with zero attached hydrogens (tertiary/aromatic N) is 1. The van der Waals surface area contributed by atoms with E-state index in [0.717, 1.165) is 0 Å². The molecule has 0 saturated carbocycles. The number of hydrogen-bond donors (Lipinski definition) is 1. The summed E-state index contributed by atoms with van der Waals surface area (Å²) < 4.78 is 0. The fraction of sp³-hybridized carbons (Fsp3) is 0.364. The van der Waals surface area contributed by atoms with Gasteiger partial charge in [0, 0.05) is 0 Å². The van der Waals surface area contributed by atoms with Gasteiger partial charge >= 0.3 is 0 Å². The lowest BCUT2D eigenvalue weighted by Crippen LogP contribution is -1.69. The average Bonchev–Trinajstić information content (AvgIpc) is 2.25. The first-order valence-corrected chi connectivity index (χ1v) is 4.52. The van der Waals surface area contributed by atoms with Crippen LogP contribution < -0.4 is 0 Å². The molecule has 0 aliphatic carbocycles. The molecule has 0 aliphatic rings. The number of phenols is 1. The van der Waals surface area contributed by atoms with E-state index in [2.05, 4.69) is 0 Å². The Bertz CT molecular complexity index is 233. The molecule has 0 unspecified atom stereocenters. The van der Waals surface area contributed by atoms with E-state index >= 15 is 0 Å². The molecular formula is C11H17NO. The maximum absolute atomic E-state index is 8.74. The van der Waals surface area contributed by atoms with Gasteiger partial charge in [0.2, 0.25) is 0 Å². The number of nitriles is 1. The van der Waals surface area contributed by atoms with Crippen LogP contribution in [0.1, 0.15) is 33.3 Å². The summed E-state index contributed by atoms with van der Waals surface area (Å²) in [6, 6.07) is 8.04. The van der Waals surface area contributed by atoms with E-state index in [4.69, 9.17) is 10.4 Å². The minimum Gasteiger partial charge on any atom is -0.508 e. The molecule has 0 bridgehead atoms. The molecule has 0 amide bonds. The molecule has 13 heavy (non-hydrogen) atoms.